The van der Waals surface area contributed by atoms with Gasteiger partial charge in [-0.25, -0.2) is 4.79 Å². The van der Waals surface area contributed by atoms with Crippen LogP contribution in [0.15, 0.2) is 5.11 Å². The topological polar surface area (TPSA) is 183 Å². The summed E-state index contributed by atoms with van der Waals surface area (Å²) in [5, 5.41) is 17.0. The number of rotatable bonds is 15. The Morgan fingerprint density at radius 3 is 2.45 bits per heavy atom. The highest BCUT2D eigenvalue weighted by Gasteiger charge is 2.28. The minimum Gasteiger partial charge on any atom is -0.480 e. The smallest absolute Gasteiger partial charge is 0.326 e. The Kier molecular flexibility index (Phi) is 14.0. The number of hydrogen-bond donors (Lipinski definition) is 4. The first-order chi connectivity index (χ1) is 13.7. The van der Waals surface area contributed by atoms with Crippen molar-refractivity contribution < 1.29 is 33.8 Å². The zero-order valence-electron chi connectivity index (χ0n) is 16.2. The second-order valence-electron chi connectivity index (χ2n) is 5.67. The molecule has 0 rings (SSSR count). The van der Waals surface area contributed by atoms with Crippen molar-refractivity contribution in [2.24, 2.45) is 5.11 Å². The van der Waals surface area contributed by atoms with Crippen LogP contribution in [-0.2, 0) is 28.7 Å². The number of thiol groups is 1. The Morgan fingerprint density at radius 1 is 1.21 bits per heavy atom. The van der Waals surface area contributed by atoms with E-state index in [4.69, 9.17) is 20.1 Å². The average Bonchev–Trinajstić information content (AvgIpc) is 2.70. The molecule has 0 fully saturated rings. The molecule has 2 atom stereocenters. The van der Waals surface area contributed by atoms with Crippen LogP contribution in [0.25, 0.3) is 10.4 Å². The number of amides is 3. The van der Waals surface area contributed by atoms with Crippen molar-refractivity contribution in [3.05, 3.63) is 10.4 Å². The van der Waals surface area contributed by atoms with Crippen molar-refractivity contribution in [2.75, 3.05) is 52.3 Å². The summed E-state index contributed by atoms with van der Waals surface area (Å²) in [4.78, 5) is 49.6. The third-order valence-corrected chi connectivity index (χ3v) is 3.92. The monoisotopic (exact) mass is 434 g/mol. The number of hydrogen-bond acceptors (Lipinski definition) is 8. The predicted octanol–water partition coefficient (Wildman–Crippen LogP) is -1.21. The van der Waals surface area contributed by atoms with Crippen LogP contribution in [-0.4, -0.2) is 98.1 Å². The SMILES string of the molecule is C[C@@H](C(=O)O)N(C)C(=O)[C@H](CS)NC(=O)COCCOCCNC(=O)CN=[N+]=[N-]. The molecule has 29 heavy (non-hydrogen) atoms. The minimum atomic E-state index is -1.16. The van der Waals surface area contributed by atoms with Gasteiger partial charge in [0.15, 0.2) is 0 Å². The third kappa shape index (κ3) is 11.8. The zero-order valence-corrected chi connectivity index (χ0v) is 17.1. The van der Waals surface area contributed by atoms with Crippen molar-refractivity contribution >= 4 is 36.3 Å². The predicted molar refractivity (Wildman–Crippen MR) is 104 cm³/mol. The number of ether oxygens (including phenoxy) is 2. The van der Waals surface area contributed by atoms with Gasteiger partial charge in [-0.1, -0.05) is 5.11 Å². The van der Waals surface area contributed by atoms with E-state index in [0.29, 0.717) is 0 Å². The van der Waals surface area contributed by atoms with Gasteiger partial charge in [0.1, 0.15) is 25.2 Å². The molecule has 0 aliphatic rings. The second-order valence-corrected chi connectivity index (χ2v) is 6.04. The second kappa shape index (κ2) is 15.4. The molecule has 0 aromatic heterocycles. The molecule has 14 heteroatoms. The molecule has 0 radical (unpaired) electrons. The number of likely N-dealkylation sites (N-methyl/N-ethyl adjacent to an activating group) is 1. The van der Waals surface area contributed by atoms with Crippen LogP contribution < -0.4 is 10.6 Å². The molecule has 3 amide bonds. The molecule has 0 saturated carbocycles. The van der Waals surface area contributed by atoms with E-state index in [-0.39, 0.29) is 45.3 Å². The van der Waals surface area contributed by atoms with Gasteiger partial charge in [0.05, 0.1) is 19.8 Å². The number of carbonyl (C=O) groups is 4. The lowest BCUT2D eigenvalue weighted by Gasteiger charge is -2.26. The molecule has 0 aromatic carbocycles. The first-order valence-electron chi connectivity index (χ1n) is 8.57. The van der Waals surface area contributed by atoms with Gasteiger partial charge in [-0.15, -0.1) is 0 Å². The maximum atomic E-state index is 12.2. The van der Waals surface area contributed by atoms with Gasteiger partial charge < -0.3 is 30.1 Å². The van der Waals surface area contributed by atoms with E-state index in [1.165, 1.54) is 14.0 Å². The number of carboxylic acids is 1. The molecule has 0 aliphatic heterocycles. The fourth-order valence-corrected chi connectivity index (χ4v) is 2.07. The Bertz CT molecular complexity index is 614. The van der Waals surface area contributed by atoms with E-state index in [2.05, 4.69) is 33.3 Å². The van der Waals surface area contributed by atoms with E-state index in [1.54, 1.807) is 0 Å². The number of carboxylic acid groups (broad SMARTS) is 1. The largest absolute Gasteiger partial charge is 0.480 e. The van der Waals surface area contributed by atoms with Gasteiger partial charge in [-0.3, -0.25) is 14.4 Å². The Labute approximate surface area is 173 Å². The highest BCUT2D eigenvalue weighted by Crippen LogP contribution is 2.02. The lowest BCUT2D eigenvalue weighted by atomic mass is 10.2. The molecule has 0 bridgehead atoms. The Balaban J connectivity index is 3.99. The fourth-order valence-electron chi connectivity index (χ4n) is 1.82. The maximum Gasteiger partial charge on any atom is 0.326 e. The molecule has 0 saturated heterocycles. The molecule has 0 spiro atoms. The summed E-state index contributed by atoms with van der Waals surface area (Å²) < 4.78 is 10.3. The summed E-state index contributed by atoms with van der Waals surface area (Å²) in [5.41, 5.74) is 8.07. The van der Waals surface area contributed by atoms with Crippen molar-refractivity contribution in [3.63, 3.8) is 0 Å². The van der Waals surface area contributed by atoms with Gasteiger partial charge in [-0.05, 0) is 12.5 Å². The fraction of sp³-hybridized carbons (Fsp3) is 0.733. The number of aliphatic carboxylic acids is 1. The van der Waals surface area contributed by atoms with E-state index in [0.717, 1.165) is 4.90 Å². The third-order valence-electron chi connectivity index (χ3n) is 3.55. The molecule has 13 nitrogen and oxygen atoms in total. The van der Waals surface area contributed by atoms with Crippen LogP contribution in [0, 0.1) is 0 Å². The molecule has 164 valence electrons. The van der Waals surface area contributed by atoms with E-state index < -0.39 is 35.8 Å². The molecule has 0 heterocycles. The highest BCUT2D eigenvalue weighted by molar-refractivity contribution is 7.80. The van der Waals surface area contributed by atoms with Gasteiger partial charge in [-0.2, -0.15) is 12.6 Å². The minimum absolute atomic E-state index is 0.00420. The van der Waals surface area contributed by atoms with E-state index >= 15 is 0 Å². The van der Waals surface area contributed by atoms with Crippen LogP contribution >= 0.6 is 12.6 Å². The van der Waals surface area contributed by atoms with E-state index in [1.807, 2.05) is 0 Å². The Hall–Kier alpha value is -2.54. The summed E-state index contributed by atoms with van der Waals surface area (Å²) in [5.74, 6) is -2.72. The number of carbonyl (C=O) groups excluding carboxylic acids is 3. The van der Waals surface area contributed by atoms with Gasteiger partial charge >= 0.3 is 5.97 Å². The first kappa shape index (κ1) is 26.5. The molecular weight excluding hydrogens is 408 g/mol. The molecule has 0 aromatic rings. The number of nitrogens with zero attached hydrogens (tertiary/aromatic N) is 4. The quantitative estimate of drug-likeness (QED) is 0.0819. The average molecular weight is 434 g/mol. The summed E-state index contributed by atoms with van der Waals surface area (Å²) in [6.45, 7) is 1.48. The molecule has 0 unspecified atom stereocenters. The van der Waals surface area contributed by atoms with Gasteiger partial charge in [0.2, 0.25) is 17.7 Å². The lowest BCUT2D eigenvalue weighted by molar-refractivity contribution is -0.149. The molecular formula is C15H26N6O7S. The summed E-state index contributed by atoms with van der Waals surface area (Å²) >= 11 is 4.01. The summed E-state index contributed by atoms with van der Waals surface area (Å²) in [6.07, 6.45) is 0. The van der Waals surface area contributed by atoms with Gasteiger partial charge in [0.25, 0.3) is 0 Å². The van der Waals surface area contributed by atoms with Crippen molar-refractivity contribution in [3.8, 4) is 0 Å². The lowest BCUT2D eigenvalue weighted by Crippen LogP contribution is -2.53. The highest BCUT2D eigenvalue weighted by atomic mass is 32.1. The van der Waals surface area contributed by atoms with Crippen LogP contribution in [0.3, 0.4) is 0 Å². The maximum absolute atomic E-state index is 12.2. The van der Waals surface area contributed by atoms with Crippen LogP contribution in [0.4, 0.5) is 0 Å². The first-order valence-corrected chi connectivity index (χ1v) is 9.20. The number of azide groups is 1. The van der Waals surface area contributed by atoms with E-state index in [9.17, 15) is 19.2 Å². The van der Waals surface area contributed by atoms with Gasteiger partial charge in [0, 0.05) is 24.3 Å². The standard InChI is InChI=1S/C15H26N6O7S/c1-10(15(25)26)21(2)14(24)11(9-29)19-13(23)8-28-6-5-27-4-3-17-12(22)7-18-20-16/h10-11,29H,3-9H2,1-2H3,(H,17,22)(H,19,23)(H,25,26)/t10-,11-/m0/s1. The summed E-state index contributed by atoms with van der Waals surface area (Å²) in [7, 11) is 1.33. The van der Waals surface area contributed by atoms with Crippen LogP contribution in [0.1, 0.15) is 6.92 Å². The molecule has 3 N–H and O–H groups in total. The summed E-state index contributed by atoms with van der Waals surface area (Å²) in [6, 6.07) is -2.02. The Morgan fingerprint density at radius 2 is 1.86 bits per heavy atom. The van der Waals surface area contributed by atoms with Crippen molar-refractivity contribution in [1.82, 2.24) is 15.5 Å². The normalized spacial score (nSPS) is 12.2. The number of nitrogens with one attached hydrogen (secondary N) is 2. The van der Waals surface area contributed by atoms with Crippen LogP contribution in [0.2, 0.25) is 0 Å². The molecule has 0 aliphatic carbocycles. The van der Waals surface area contributed by atoms with Crippen molar-refractivity contribution in [2.45, 2.75) is 19.0 Å². The van der Waals surface area contributed by atoms with Crippen LogP contribution in [0.5, 0.6) is 0 Å². The van der Waals surface area contributed by atoms with Crippen molar-refractivity contribution in [1.29, 1.82) is 0 Å². The zero-order chi connectivity index (χ0) is 22.2.